The molecule has 0 unspecified atom stereocenters. The molecule has 2 aliphatic carbocycles. The minimum atomic E-state index is -0.154. The van der Waals surface area contributed by atoms with E-state index in [0.717, 1.165) is 25.7 Å². The van der Waals surface area contributed by atoms with Crippen LogP contribution in [-0.2, 0) is 6.42 Å². The van der Waals surface area contributed by atoms with Crippen molar-refractivity contribution in [3.05, 3.63) is 35.8 Å². The number of fused-ring (bicyclic) bond motifs is 1. The molecule has 2 nitrogen and oxygen atoms in total. The zero-order chi connectivity index (χ0) is 16.0. The van der Waals surface area contributed by atoms with E-state index in [2.05, 4.69) is 39.8 Å². The molecule has 0 aliphatic heterocycles. The number of allylic oxidation sites excluding steroid dienone is 2. The Bertz CT molecular complexity index is 540. The lowest BCUT2D eigenvalue weighted by Crippen LogP contribution is -2.52. The van der Waals surface area contributed by atoms with E-state index in [9.17, 15) is 5.11 Å². The summed E-state index contributed by atoms with van der Waals surface area (Å²) in [5, 5.41) is 10.5. The highest BCUT2D eigenvalue weighted by Crippen LogP contribution is 2.60. The molecular weight excluding hydrogens is 272 g/mol. The van der Waals surface area contributed by atoms with Gasteiger partial charge in [-0.05, 0) is 73.3 Å². The van der Waals surface area contributed by atoms with E-state index in [0.29, 0.717) is 11.8 Å². The van der Waals surface area contributed by atoms with Crippen molar-refractivity contribution >= 4 is 0 Å². The molecule has 0 radical (unpaired) electrons. The number of aliphatic hydroxyl groups is 1. The monoisotopic (exact) mass is 302 g/mol. The van der Waals surface area contributed by atoms with Crippen LogP contribution in [0, 0.1) is 22.7 Å². The molecule has 0 spiro atoms. The highest BCUT2D eigenvalue weighted by atomic mass is 16.3. The maximum atomic E-state index is 10.5. The maximum Gasteiger partial charge on any atom is 0.0934 e. The first-order valence-electron chi connectivity index (χ1n) is 8.69. The molecule has 1 saturated carbocycles. The van der Waals surface area contributed by atoms with Gasteiger partial charge in [-0.15, -0.1) is 0 Å². The summed E-state index contributed by atoms with van der Waals surface area (Å²) in [6, 6.07) is 2.07. The van der Waals surface area contributed by atoms with E-state index in [-0.39, 0.29) is 16.9 Å². The van der Waals surface area contributed by atoms with Crippen molar-refractivity contribution in [1.82, 2.24) is 0 Å². The van der Waals surface area contributed by atoms with Gasteiger partial charge in [0.15, 0.2) is 0 Å². The average Bonchev–Trinajstić information content (AvgIpc) is 2.88. The highest BCUT2D eigenvalue weighted by Gasteiger charge is 2.53. The van der Waals surface area contributed by atoms with Crippen molar-refractivity contribution in [2.45, 2.75) is 65.9 Å². The quantitative estimate of drug-likeness (QED) is 0.799. The van der Waals surface area contributed by atoms with Gasteiger partial charge < -0.3 is 9.52 Å². The molecule has 1 N–H and O–H groups in total. The second-order valence-corrected chi connectivity index (χ2v) is 8.52. The third-order valence-electron chi connectivity index (χ3n) is 6.50. The van der Waals surface area contributed by atoms with E-state index >= 15 is 0 Å². The number of aliphatic hydroxyl groups excluding tert-OH is 1. The van der Waals surface area contributed by atoms with Crippen LogP contribution in [0.2, 0.25) is 0 Å². The third-order valence-corrected chi connectivity index (χ3v) is 6.50. The smallest absolute Gasteiger partial charge is 0.0934 e. The third kappa shape index (κ3) is 2.67. The predicted molar refractivity (Wildman–Crippen MR) is 89.5 cm³/mol. The summed E-state index contributed by atoms with van der Waals surface area (Å²) in [4.78, 5) is 0. The van der Waals surface area contributed by atoms with Gasteiger partial charge in [0.1, 0.15) is 0 Å². The van der Waals surface area contributed by atoms with Crippen LogP contribution in [0.3, 0.4) is 0 Å². The minimum absolute atomic E-state index is 0.154. The Labute approximate surface area is 134 Å². The Kier molecular flexibility index (Phi) is 4.01. The second-order valence-electron chi connectivity index (χ2n) is 8.52. The van der Waals surface area contributed by atoms with Gasteiger partial charge in [0.25, 0.3) is 0 Å². The van der Waals surface area contributed by atoms with Gasteiger partial charge in [0.2, 0.25) is 0 Å². The number of hydrogen-bond donors (Lipinski definition) is 1. The fourth-order valence-corrected chi connectivity index (χ4v) is 5.61. The lowest BCUT2D eigenvalue weighted by molar-refractivity contribution is -0.0952. The maximum absolute atomic E-state index is 10.5. The molecule has 122 valence electrons. The van der Waals surface area contributed by atoms with Crippen molar-refractivity contribution < 1.29 is 9.52 Å². The predicted octanol–water partition coefficient (Wildman–Crippen LogP) is 4.98. The second kappa shape index (κ2) is 5.56. The number of rotatable bonds is 3. The van der Waals surface area contributed by atoms with Gasteiger partial charge in [-0.1, -0.05) is 32.4 Å². The first kappa shape index (κ1) is 15.9. The molecule has 2 heteroatoms. The van der Waals surface area contributed by atoms with Crippen LogP contribution in [0.1, 0.15) is 58.9 Å². The molecular formula is C20H30O2. The molecule has 1 aromatic rings. The molecule has 0 aromatic carbocycles. The molecule has 1 heterocycles. The molecule has 4 atom stereocenters. The molecule has 1 aromatic heterocycles. The zero-order valence-electron chi connectivity index (χ0n) is 14.4. The summed E-state index contributed by atoms with van der Waals surface area (Å²) >= 11 is 0. The standard InChI is InChI=1S/C20H30O2/c1-14-5-8-18-19(2,3)11-16(21)12-20(18,4)17(14)7-6-15-9-10-22-13-15/h5,9-10,13,16-18,21H,6-8,11-12H2,1-4H3/t16-,17+,18-,20+/m1/s1. The first-order valence-corrected chi connectivity index (χ1v) is 8.69. The topological polar surface area (TPSA) is 33.4 Å². The van der Waals surface area contributed by atoms with E-state index in [4.69, 9.17) is 4.42 Å². The number of furan rings is 1. The highest BCUT2D eigenvalue weighted by molar-refractivity contribution is 5.20. The molecule has 0 saturated heterocycles. The van der Waals surface area contributed by atoms with Crippen molar-refractivity contribution in [3.8, 4) is 0 Å². The van der Waals surface area contributed by atoms with Gasteiger partial charge in [-0.2, -0.15) is 0 Å². The summed E-state index contributed by atoms with van der Waals surface area (Å²) in [7, 11) is 0. The Hall–Kier alpha value is -1.02. The molecule has 0 amide bonds. The molecule has 0 bridgehead atoms. The summed E-state index contributed by atoms with van der Waals surface area (Å²) in [6.07, 6.45) is 11.2. The SMILES string of the molecule is CC1=CC[C@@H]2C(C)(C)C[C@@H](O)C[C@@]2(C)[C@H]1CCc1ccoc1. The van der Waals surface area contributed by atoms with Gasteiger partial charge in [-0.25, -0.2) is 0 Å². The lowest BCUT2D eigenvalue weighted by atomic mass is 9.47. The van der Waals surface area contributed by atoms with Crippen molar-refractivity contribution in [3.63, 3.8) is 0 Å². The van der Waals surface area contributed by atoms with E-state index in [1.54, 1.807) is 6.26 Å². The van der Waals surface area contributed by atoms with Crippen LogP contribution < -0.4 is 0 Å². The van der Waals surface area contributed by atoms with Crippen LogP contribution in [-0.4, -0.2) is 11.2 Å². The van der Waals surface area contributed by atoms with Gasteiger partial charge in [0, 0.05) is 0 Å². The Morgan fingerprint density at radius 3 is 2.73 bits per heavy atom. The van der Waals surface area contributed by atoms with Crippen LogP contribution in [0.4, 0.5) is 0 Å². The molecule has 1 fully saturated rings. The summed E-state index contributed by atoms with van der Waals surface area (Å²) in [6.45, 7) is 9.41. The summed E-state index contributed by atoms with van der Waals surface area (Å²) in [5.74, 6) is 1.23. The van der Waals surface area contributed by atoms with Crippen molar-refractivity contribution in [2.75, 3.05) is 0 Å². The van der Waals surface area contributed by atoms with Crippen LogP contribution in [0.15, 0.2) is 34.7 Å². The van der Waals surface area contributed by atoms with Crippen molar-refractivity contribution in [2.24, 2.45) is 22.7 Å². The van der Waals surface area contributed by atoms with Crippen LogP contribution in [0.5, 0.6) is 0 Å². The van der Waals surface area contributed by atoms with Crippen LogP contribution >= 0.6 is 0 Å². The Balaban J connectivity index is 1.86. The van der Waals surface area contributed by atoms with Gasteiger partial charge >= 0.3 is 0 Å². The fourth-order valence-electron chi connectivity index (χ4n) is 5.61. The van der Waals surface area contributed by atoms with Gasteiger partial charge in [0.05, 0.1) is 18.6 Å². The molecule has 22 heavy (non-hydrogen) atoms. The van der Waals surface area contributed by atoms with E-state index in [1.165, 1.54) is 17.6 Å². The Morgan fingerprint density at radius 2 is 2.05 bits per heavy atom. The summed E-state index contributed by atoms with van der Waals surface area (Å²) in [5.41, 5.74) is 3.24. The molecule has 3 rings (SSSR count). The Morgan fingerprint density at radius 1 is 1.27 bits per heavy atom. The van der Waals surface area contributed by atoms with E-state index < -0.39 is 0 Å². The number of hydrogen-bond acceptors (Lipinski definition) is 2. The number of aryl methyl sites for hydroxylation is 1. The molecule has 2 aliphatic rings. The minimum Gasteiger partial charge on any atom is -0.472 e. The summed E-state index contributed by atoms with van der Waals surface area (Å²) < 4.78 is 5.21. The van der Waals surface area contributed by atoms with Crippen LogP contribution in [0.25, 0.3) is 0 Å². The lowest BCUT2D eigenvalue weighted by Gasteiger charge is -2.58. The first-order chi connectivity index (χ1) is 10.3. The normalized spacial score (nSPS) is 37.5. The van der Waals surface area contributed by atoms with Crippen molar-refractivity contribution in [1.29, 1.82) is 0 Å². The van der Waals surface area contributed by atoms with Gasteiger partial charge in [-0.3, -0.25) is 0 Å². The fraction of sp³-hybridized carbons (Fsp3) is 0.700. The zero-order valence-corrected chi connectivity index (χ0v) is 14.4. The largest absolute Gasteiger partial charge is 0.472 e. The van der Waals surface area contributed by atoms with E-state index in [1.807, 2.05) is 6.26 Å². The average molecular weight is 302 g/mol.